The summed E-state index contributed by atoms with van der Waals surface area (Å²) in [4.78, 5) is 8.35. The molecule has 1 aromatic heterocycles. The Morgan fingerprint density at radius 3 is 2.56 bits per heavy atom. The fraction of sp³-hybridized carbons (Fsp3) is 0.438. The highest BCUT2D eigenvalue weighted by atomic mass is 127. The molecule has 2 aromatic rings. The zero-order chi connectivity index (χ0) is 17.4. The van der Waals surface area contributed by atoms with Gasteiger partial charge in [0.15, 0.2) is 23.3 Å². The molecule has 138 valence electrons. The molecule has 8 nitrogen and oxygen atoms in total. The highest BCUT2D eigenvalue weighted by molar-refractivity contribution is 14.0. The number of benzene rings is 1. The van der Waals surface area contributed by atoms with Gasteiger partial charge in [-0.2, -0.15) is 4.98 Å². The van der Waals surface area contributed by atoms with Gasteiger partial charge in [0.2, 0.25) is 5.89 Å². The van der Waals surface area contributed by atoms with E-state index < -0.39 is 0 Å². The van der Waals surface area contributed by atoms with E-state index in [1.165, 1.54) is 0 Å². The van der Waals surface area contributed by atoms with Crippen LogP contribution in [0.2, 0.25) is 0 Å². The minimum atomic E-state index is 0. The van der Waals surface area contributed by atoms with E-state index in [1.807, 2.05) is 18.2 Å². The van der Waals surface area contributed by atoms with Gasteiger partial charge in [0, 0.05) is 26.6 Å². The maximum Gasteiger partial charge on any atom is 0.228 e. The number of hydrogen-bond donors (Lipinski definition) is 2. The van der Waals surface area contributed by atoms with Crippen LogP contribution in [0, 0.1) is 6.92 Å². The van der Waals surface area contributed by atoms with Crippen LogP contribution in [-0.2, 0) is 13.0 Å². The van der Waals surface area contributed by atoms with Crippen LogP contribution in [0.3, 0.4) is 0 Å². The number of aliphatic imine (C=N–C) groups is 1. The van der Waals surface area contributed by atoms with E-state index >= 15 is 0 Å². The lowest BCUT2D eigenvalue weighted by Crippen LogP contribution is -2.37. The number of rotatable bonds is 7. The highest BCUT2D eigenvalue weighted by Crippen LogP contribution is 2.27. The van der Waals surface area contributed by atoms with Crippen LogP contribution >= 0.6 is 24.0 Å². The number of aryl methyl sites for hydroxylation is 1. The van der Waals surface area contributed by atoms with E-state index in [0.29, 0.717) is 48.7 Å². The van der Waals surface area contributed by atoms with E-state index in [1.54, 1.807) is 28.2 Å². The fourth-order valence-electron chi connectivity index (χ4n) is 2.13. The molecule has 0 unspecified atom stereocenters. The van der Waals surface area contributed by atoms with Gasteiger partial charge >= 0.3 is 0 Å². The lowest BCUT2D eigenvalue weighted by atomic mass is 10.2. The van der Waals surface area contributed by atoms with E-state index in [2.05, 4.69) is 25.8 Å². The summed E-state index contributed by atoms with van der Waals surface area (Å²) in [6.07, 6.45) is 0.637. The number of nitrogens with one attached hydrogen (secondary N) is 2. The monoisotopic (exact) mass is 461 g/mol. The first-order valence-electron chi connectivity index (χ1n) is 7.61. The van der Waals surface area contributed by atoms with Crippen molar-refractivity contribution in [3.05, 3.63) is 35.5 Å². The Morgan fingerprint density at radius 1 is 1.20 bits per heavy atom. The van der Waals surface area contributed by atoms with Crippen molar-refractivity contribution in [3.8, 4) is 11.5 Å². The molecule has 0 aliphatic carbocycles. The molecule has 25 heavy (non-hydrogen) atoms. The van der Waals surface area contributed by atoms with Gasteiger partial charge in [0.05, 0.1) is 14.2 Å². The lowest BCUT2D eigenvalue weighted by Gasteiger charge is -2.13. The van der Waals surface area contributed by atoms with Crippen molar-refractivity contribution in [2.45, 2.75) is 19.9 Å². The van der Waals surface area contributed by atoms with Crippen LogP contribution in [0.5, 0.6) is 11.5 Å². The normalized spacial score (nSPS) is 10.8. The minimum absolute atomic E-state index is 0. The molecule has 0 amide bonds. The van der Waals surface area contributed by atoms with Crippen molar-refractivity contribution < 1.29 is 14.0 Å². The maximum atomic E-state index is 5.30. The molecule has 0 saturated heterocycles. The lowest BCUT2D eigenvalue weighted by molar-refractivity contribution is 0.354. The van der Waals surface area contributed by atoms with Gasteiger partial charge in [-0.25, -0.2) is 0 Å². The molecule has 0 spiro atoms. The molecule has 0 saturated carbocycles. The van der Waals surface area contributed by atoms with E-state index in [9.17, 15) is 0 Å². The highest BCUT2D eigenvalue weighted by Gasteiger charge is 2.06. The molecule has 0 atom stereocenters. The molecule has 2 rings (SSSR count). The minimum Gasteiger partial charge on any atom is -0.493 e. The molecule has 0 aliphatic heterocycles. The van der Waals surface area contributed by atoms with Crippen molar-refractivity contribution in [1.82, 2.24) is 20.8 Å². The van der Waals surface area contributed by atoms with Crippen molar-refractivity contribution in [3.63, 3.8) is 0 Å². The van der Waals surface area contributed by atoms with Crippen LogP contribution < -0.4 is 20.1 Å². The van der Waals surface area contributed by atoms with Crippen LogP contribution in [0.25, 0.3) is 0 Å². The third kappa shape index (κ3) is 6.40. The quantitative estimate of drug-likeness (QED) is 0.370. The van der Waals surface area contributed by atoms with Gasteiger partial charge in [-0.05, 0) is 24.6 Å². The van der Waals surface area contributed by atoms with Crippen LogP contribution in [0.15, 0.2) is 27.7 Å². The summed E-state index contributed by atoms with van der Waals surface area (Å²) in [5.41, 5.74) is 1.06. The Morgan fingerprint density at radius 2 is 1.96 bits per heavy atom. The number of hydrogen-bond acceptors (Lipinski definition) is 6. The second-order valence-electron chi connectivity index (χ2n) is 5.03. The number of nitrogens with zero attached hydrogens (tertiary/aromatic N) is 3. The van der Waals surface area contributed by atoms with Gasteiger partial charge in [-0.3, -0.25) is 4.99 Å². The van der Waals surface area contributed by atoms with Gasteiger partial charge in [0.25, 0.3) is 0 Å². The van der Waals surface area contributed by atoms with Crippen LogP contribution in [-0.4, -0.2) is 43.9 Å². The van der Waals surface area contributed by atoms with Crippen molar-refractivity contribution >= 4 is 29.9 Å². The molecular weight excluding hydrogens is 437 g/mol. The molecule has 1 heterocycles. The Labute approximate surface area is 164 Å². The molecular formula is C16H24IN5O3. The average molecular weight is 461 g/mol. The van der Waals surface area contributed by atoms with Gasteiger partial charge in [-0.15, -0.1) is 24.0 Å². The third-order valence-electron chi connectivity index (χ3n) is 3.33. The predicted molar refractivity (Wildman–Crippen MR) is 106 cm³/mol. The Balaban J connectivity index is 0.00000312. The van der Waals surface area contributed by atoms with Gasteiger partial charge < -0.3 is 24.6 Å². The SMILES string of the molecule is CN=C(NCCc1nc(C)no1)NCc1ccc(OC)c(OC)c1.I. The van der Waals surface area contributed by atoms with Crippen LogP contribution in [0.1, 0.15) is 17.3 Å². The molecule has 0 bridgehead atoms. The zero-order valence-corrected chi connectivity index (χ0v) is 17.2. The summed E-state index contributed by atoms with van der Waals surface area (Å²) in [6.45, 7) is 3.05. The van der Waals surface area contributed by atoms with Crippen molar-refractivity contribution in [2.75, 3.05) is 27.8 Å². The van der Waals surface area contributed by atoms with Crippen molar-refractivity contribution in [2.24, 2.45) is 4.99 Å². The number of ether oxygens (including phenoxy) is 2. The standard InChI is InChI=1S/C16H23N5O3.HI/c1-11-20-15(24-21-11)7-8-18-16(17-2)19-10-12-5-6-13(22-3)14(9-12)23-4;/h5-6,9H,7-8,10H2,1-4H3,(H2,17,18,19);1H. The molecule has 0 fully saturated rings. The summed E-state index contributed by atoms with van der Waals surface area (Å²) in [6, 6.07) is 5.78. The summed E-state index contributed by atoms with van der Waals surface area (Å²) in [7, 11) is 4.96. The summed E-state index contributed by atoms with van der Waals surface area (Å²) < 4.78 is 15.6. The second kappa shape index (κ2) is 10.7. The van der Waals surface area contributed by atoms with Crippen molar-refractivity contribution in [1.29, 1.82) is 0 Å². The first-order chi connectivity index (χ1) is 11.7. The van der Waals surface area contributed by atoms with E-state index in [-0.39, 0.29) is 24.0 Å². The average Bonchev–Trinajstić information content (AvgIpc) is 3.02. The van der Waals surface area contributed by atoms with E-state index in [0.717, 1.165) is 5.56 Å². The third-order valence-corrected chi connectivity index (χ3v) is 3.33. The zero-order valence-electron chi connectivity index (χ0n) is 14.8. The Hall–Kier alpha value is -2.04. The first kappa shape index (κ1) is 21.0. The number of methoxy groups -OCH3 is 2. The summed E-state index contributed by atoms with van der Waals surface area (Å²) in [5.74, 6) is 3.35. The fourth-order valence-corrected chi connectivity index (χ4v) is 2.13. The first-order valence-corrected chi connectivity index (χ1v) is 7.61. The molecule has 9 heteroatoms. The Bertz CT molecular complexity index is 690. The molecule has 0 aliphatic rings. The van der Waals surface area contributed by atoms with Gasteiger partial charge in [0.1, 0.15) is 0 Å². The topological polar surface area (TPSA) is 93.8 Å². The Kier molecular flexibility index (Phi) is 9.03. The largest absolute Gasteiger partial charge is 0.493 e. The van der Waals surface area contributed by atoms with Gasteiger partial charge in [-0.1, -0.05) is 11.2 Å². The number of halogens is 1. The predicted octanol–water partition coefficient (Wildman–Crippen LogP) is 1.92. The van der Waals surface area contributed by atoms with E-state index in [4.69, 9.17) is 14.0 Å². The molecule has 1 aromatic carbocycles. The molecule has 0 radical (unpaired) electrons. The summed E-state index contributed by atoms with van der Waals surface area (Å²) >= 11 is 0. The smallest absolute Gasteiger partial charge is 0.228 e. The summed E-state index contributed by atoms with van der Waals surface area (Å²) in [5, 5.41) is 10.2. The molecule has 2 N–H and O–H groups in total. The van der Waals surface area contributed by atoms with Crippen LogP contribution in [0.4, 0.5) is 0 Å². The second-order valence-corrected chi connectivity index (χ2v) is 5.03. The maximum absolute atomic E-state index is 5.30. The number of guanidine groups is 1. The number of aromatic nitrogens is 2.